The van der Waals surface area contributed by atoms with E-state index in [-0.39, 0.29) is 24.8 Å². The van der Waals surface area contributed by atoms with Crippen molar-refractivity contribution in [3.05, 3.63) is 52.6 Å². The number of amides is 1. The molecule has 1 fully saturated rings. The third kappa shape index (κ3) is 4.24. The molecule has 0 saturated carbocycles. The average molecular weight is 466 g/mol. The number of ether oxygens (including phenoxy) is 4. The largest absolute Gasteiger partial charge is 0.493 e. The highest BCUT2D eigenvalue weighted by Crippen LogP contribution is 2.33. The highest BCUT2D eigenvalue weighted by molar-refractivity contribution is 5.82. The molecule has 0 bridgehead atoms. The maximum absolute atomic E-state index is 13.0. The van der Waals surface area contributed by atoms with E-state index >= 15 is 0 Å². The Bertz CT molecular complexity index is 1280. The van der Waals surface area contributed by atoms with Gasteiger partial charge in [0.1, 0.15) is 6.54 Å². The number of piperazine rings is 1. The quantitative estimate of drug-likeness (QED) is 0.539. The molecular formula is C24H26N4O6. The Labute approximate surface area is 196 Å². The number of carbonyl (C=O) groups is 1. The van der Waals surface area contributed by atoms with E-state index in [1.807, 2.05) is 18.2 Å². The molecule has 34 heavy (non-hydrogen) atoms. The minimum absolute atomic E-state index is 0.0573. The van der Waals surface area contributed by atoms with Crippen LogP contribution in [0.1, 0.15) is 5.56 Å². The van der Waals surface area contributed by atoms with E-state index < -0.39 is 0 Å². The fourth-order valence-electron chi connectivity index (χ4n) is 4.30. The lowest BCUT2D eigenvalue weighted by atomic mass is 10.1. The van der Waals surface area contributed by atoms with Gasteiger partial charge in [0.05, 0.1) is 31.4 Å². The van der Waals surface area contributed by atoms with Crippen LogP contribution in [0.5, 0.6) is 23.0 Å². The SMILES string of the molecule is COc1cc2ncn(CC(=O)N3CCN(Cc4ccc5c(c4)OCO5)CC3)c(=O)c2cc1OC. The van der Waals surface area contributed by atoms with E-state index in [2.05, 4.69) is 9.88 Å². The molecule has 1 saturated heterocycles. The number of benzene rings is 2. The zero-order valence-corrected chi connectivity index (χ0v) is 19.2. The van der Waals surface area contributed by atoms with Gasteiger partial charge in [-0.25, -0.2) is 4.98 Å². The van der Waals surface area contributed by atoms with Crippen molar-refractivity contribution < 1.29 is 23.7 Å². The fourth-order valence-corrected chi connectivity index (χ4v) is 4.30. The summed E-state index contributed by atoms with van der Waals surface area (Å²) in [4.78, 5) is 34.3. The first-order chi connectivity index (χ1) is 16.6. The van der Waals surface area contributed by atoms with Crippen molar-refractivity contribution in [3.8, 4) is 23.0 Å². The fraction of sp³-hybridized carbons (Fsp3) is 0.375. The third-order valence-electron chi connectivity index (χ3n) is 6.20. The Kier molecular flexibility index (Phi) is 5.97. The Balaban J connectivity index is 1.22. The Morgan fingerprint density at radius 1 is 1.00 bits per heavy atom. The van der Waals surface area contributed by atoms with Crippen molar-refractivity contribution in [3.63, 3.8) is 0 Å². The average Bonchev–Trinajstić information content (AvgIpc) is 3.33. The minimum Gasteiger partial charge on any atom is -0.493 e. The molecule has 10 nitrogen and oxygen atoms in total. The van der Waals surface area contributed by atoms with Gasteiger partial charge in [-0.1, -0.05) is 6.07 Å². The second kappa shape index (κ2) is 9.22. The van der Waals surface area contributed by atoms with E-state index in [1.165, 1.54) is 25.1 Å². The van der Waals surface area contributed by atoms with Crippen molar-refractivity contribution >= 4 is 16.8 Å². The molecule has 178 valence electrons. The van der Waals surface area contributed by atoms with Gasteiger partial charge in [-0.15, -0.1) is 0 Å². The lowest BCUT2D eigenvalue weighted by Gasteiger charge is -2.34. The van der Waals surface area contributed by atoms with Crippen molar-refractivity contribution in [2.75, 3.05) is 47.2 Å². The number of aromatic nitrogens is 2. The van der Waals surface area contributed by atoms with Crippen molar-refractivity contribution in [2.24, 2.45) is 0 Å². The maximum atomic E-state index is 13.0. The van der Waals surface area contributed by atoms with Crippen LogP contribution in [0.25, 0.3) is 10.9 Å². The molecule has 1 aromatic heterocycles. The normalized spacial score (nSPS) is 15.5. The monoisotopic (exact) mass is 466 g/mol. The van der Waals surface area contributed by atoms with Crippen molar-refractivity contribution in [1.29, 1.82) is 0 Å². The summed E-state index contributed by atoms with van der Waals surface area (Å²) in [5.74, 6) is 2.38. The summed E-state index contributed by atoms with van der Waals surface area (Å²) in [6.45, 7) is 3.69. The van der Waals surface area contributed by atoms with Gasteiger partial charge in [-0.3, -0.25) is 19.1 Å². The summed E-state index contributed by atoms with van der Waals surface area (Å²) in [6, 6.07) is 9.22. The highest BCUT2D eigenvalue weighted by Gasteiger charge is 2.23. The number of hydrogen-bond acceptors (Lipinski definition) is 8. The van der Waals surface area contributed by atoms with Crippen LogP contribution < -0.4 is 24.5 Å². The Hall–Kier alpha value is -3.79. The molecule has 0 aliphatic carbocycles. The second-order valence-corrected chi connectivity index (χ2v) is 8.25. The van der Waals surface area contributed by atoms with E-state index in [0.29, 0.717) is 35.5 Å². The topological polar surface area (TPSA) is 95.4 Å². The smallest absolute Gasteiger partial charge is 0.261 e. The zero-order chi connectivity index (χ0) is 23.7. The summed E-state index contributed by atoms with van der Waals surface area (Å²) < 4.78 is 22.7. The van der Waals surface area contributed by atoms with E-state index in [1.54, 1.807) is 17.0 Å². The van der Waals surface area contributed by atoms with Crippen LogP contribution in [0, 0.1) is 0 Å². The number of nitrogens with zero attached hydrogens (tertiary/aromatic N) is 4. The molecule has 2 aromatic carbocycles. The van der Waals surface area contributed by atoms with Crippen LogP contribution in [-0.4, -0.2) is 72.4 Å². The van der Waals surface area contributed by atoms with E-state index in [0.717, 1.165) is 36.7 Å². The predicted octanol–water partition coefficient (Wildman–Crippen LogP) is 1.49. The lowest BCUT2D eigenvalue weighted by molar-refractivity contribution is -0.133. The van der Waals surface area contributed by atoms with Gasteiger partial charge in [-0.05, 0) is 23.8 Å². The van der Waals surface area contributed by atoms with Gasteiger partial charge < -0.3 is 23.8 Å². The lowest BCUT2D eigenvalue weighted by Crippen LogP contribution is -2.49. The molecule has 1 amide bonds. The maximum Gasteiger partial charge on any atom is 0.261 e. The van der Waals surface area contributed by atoms with Crippen LogP contribution in [0.3, 0.4) is 0 Å². The summed E-state index contributed by atoms with van der Waals surface area (Å²) >= 11 is 0. The standard InChI is InChI=1S/C24H26N4O6/c1-31-20-10-17-18(11-21(20)32-2)25-14-28(24(17)30)13-23(29)27-7-5-26(6-8-27)12-16-3-4-19-22(9-16)34-15-33-19/h3-4,9-11,14H,5-8,12-13,15H2,1-2H3. The summed E-state index contributed by atoms with van der Waals surface area (Å²) in [7, 11) is 3.03. The third-order valence-corrected chi connectivity index (χ3v) is 6.20. The van der Waals surface area contributed by atoms with Gasteiger partial charge in [0.25, 0.3) is 5.56 Å². The molecule has 2 aliphatic heterocycles. The highest BCUT2D eigenvalue weighted by atomic mass is 16.7. The number of fused-ring (bicyclic) bond motifs is 2. The summed E-state index contributed by atoms with van der Waals surface area (Å²) in [6.07, 6.45) is 1.41. The van der Waals surface area contributed by atoms with Gasteiger partial charge in [-0.2, -0.15) is 0 Å². The molecule has 3 aromatic rings. The summed E-state index contributed by atoms with van der Waals surface area (Å²) in [5, 5.41) is 0.376. The number of methoxy groups -OCH3 is 2. The van der Waals surface area contributed by atoms with Gasteiger partial charge >= 0.3 is 0 Å². The molecule has 10 heteroatoms. The van der Waals surface area contributed by atoms with Crippen molar-refractivity contribution in [2.45, 2.75) is 13.1 Å². The second-order valence-electron chi connectivity index (χ2n) is 8.25. The summed E-state index contributed by atoms with van der Waals surface area (Å²) in [5.41, 5.74) is 1.34. The molecule has 3 heterocycles. The van der Waals surface area contributed by atoms with Gasteiger partial charge in [0.15, 0.2) is 23.0 Å². The minimum atomic E-state index is -0.291. The predicted molar refractivity (Wildman–Crippen MR) is 124 cm³/mol. The first-order valence-corrected chi connectivity index (χ1v) is 11.1. The molecule has 0 atom stereocenters. The van der Waals surface area contributed by atoms with Crippen LogP contribution in [0.4, 0.5) is 0 Å². The van der Waals surface area contributed by atoms with Crippen LogP contribution in [0.2, 0.25) is 0 Å². The van der Waals surface area contributed by atoms with Crippen LogP contribution >= 0.6 is 0 Å². The molecular weight excluding hydrogens is 440 g/mol. The molecule has 0 radical (unpaired) electrons. The van der Waals surface area contributed by atoms with Gasteiger partial charge in [0.2, 0.25) is 12.7 Å². The molecule has 0 unspecified atom stereocenters. The van der Waals surface area contributed by atoms with E-state index in [4.69, 9.17) is 18.9 Å². The van der Waals surface area contributed by atoms with Gasteiger partial charge in [0, 0.05) is 38.8 Å². The molecule has 2 aliphatic rings. The molecule has 0 N–H and O–H groups in total. The number of rotatable bonds is 6. The number of hydrogen-bond donors (Lipinski definition) is 0. The number of carbonyl (C=O) groups excluding carboxylic acids is 1. The van der Waals surface area contributed by atoms with Crippen LogP contribution in [0.15, 0.2) is 41.5 Å². The molecule has 5 rings (SSSR count). The Morgan fingerprint density at radius 3 is 2.50 bits per heavy atom. The van der Waals surface area contributed by atoms with Crippen LogP contribution in [-0.2, 0) is 17.9 Å². The zero-order valence-electron chi connectivity index (χ0n) is 19.2. The van der Waals surface area contributed by atoms with Crippen molar-refractivity contribution in [1.82, 2.24) is 19.4 Å². The molecule has 0 spiro atoms. The first kappa shape index (κ1) is 22.0. The Morgan fingerprint density at radius 2 is 1.74 bits per heavy atom. The van der Waals surface area contributed by atoms with E-state index in [9.17, 15) is 9.59 Å². The first-order valence-electron chi connectivity index (χ1n) is 11.1.